The van der Waals surface area contributed by atoms with Crippen LogP contribution in [-0.2, 0) is 9.53 Å². The molecule has 0 fully saturated rings. The summed E-state index contributed by atoms with van der Waals surface area (Å²) < 4.78 is 10.4. The quantitative estimate of drug-likeness (QED) is 0.579. The number of methoxy groups -OCH3 is 1. The lowest BCUT2D eigenvalue weighted by atomic mass is 9.80. The molecule has 4 nitrogen and oxygen atoms in total. The topological polar surface area (TPSA) is 52.6 Å². The minimum atomic E-state index is -0.537. The van der Waals surface area contributed by atoms with Crippen LogP contribution in [0, 0.1) is 5.92 Å². The van der Waals surface area contributed by atoms with Crippen molar-refractivity contribution in [2.75, 3.05) is 13.7 Å². The van der Waals surface area contributed by atoms with Gasteiger partial charge >= 0.3 is 5.97 Å². The molecule has 134 valence electrons. The number of hydrogen-bond acceptors (Lipinski definition) is 4. The number of hydrogen-bond donors (Lipinski definition) is 0. The van der Waals surface area contributed by atoms with Gasteiger partial charge in [0.15, 0.2) is 5.78 Å². The predicted molar refractivity (Wildman–Crippen MR) is 99.3 cm³/mol. The van der Waals surface area contributed by atoms with E-state index in [2.05, 4.69) is 0 Å². The fourth-order valence-corrected chi connectivity index (χ4v) is 3.44. The molecule has 0 saturated heterocycles. The van der Waals surface area contributed by atoms with Gasteiger partial charge in [-0.05, 0) is 31.0 Å². The van der Waals surface area contributed by atoms with Crippen LogP contribution in [0.1, 0.15) is 35.2 Å². The molecule has 0 aromatic heterocycles. The first-order valence-electron chi connectivity index (χ1n) is 8.76. The van der Waals surface area contributed by atoms with Crippen molar-refractivity contribution in [2.24, 2.45) is 5.92 Å². The van der Waals surface area contributed by atoms with Crippen molar-refractivity contribution in [3.8, 4) is 5.75 Å². The molecule has 2 aromatic rings. The molecule has 4 heteroatoms. The maximum atomic E-state index is 13.2. The number of rotatable bonds is 6. The molecule has 1 aliphatic rings. The van der Waals surface area contributed by atoms with Crippen LogP contribution in [-0.4, -0.2) is 25.5 Å². The summed E-state index contributed by atoms with van der Waals surface area (Å²) in [6.45, 7) is 2.05. The predicted octanol–water partition coefficient (Wildman–Crippen LogP) is 4.17. The van der Waals surface area contributed by atoms with Crippen molar-refractivity contribution >= 4 is 11.8 Å². The first-order chi connectivity index (χ1) is 12.7. The molecule has 0 bridgehead atoms. The summed E-state index contributed by atoms with van der Waals surface area (Å²) in [5.74, 6) is -0.324. The van der Waals surface area contributed by atoms with Gasteiger partial charge in [0.05, 0.1) is 19.6 Å². The van der Waals surface area contributed by atoms with Crippen LogP contribution in [0.25, 0.3) is 0 Å². The maximum Gasteiger partial charge on any atom is 0.334 e. The van der Waals surface area contributed by atoms with Crippen LogP contribution in [0.5, 0.6) is 5.75 Å². The lowest BCUT2D eigenvalue weighted by Crippen LogP contribution is -2.25. The molecule has 0 radical (unpaired) electrons. The fraction of sp³-hybridized carbons (Fsp3) is 0.273. The van der Waals surface area contributed by atoms with Gasteiger partial charge in [-0.15, -0.1) is 0 Å². The monoisotopic (exact) mass is 350 g/mol. The summed E-state index contributed by atoms with van der Waals surface area (Å²) in [6.07, 6.45) is 2.47. The molecule has 0 heterocycles. The lowest BCUT2D eigenvalue weighted by Gasteiger charge is -2.22. The zero-order chi connectivity index (χ0) is 18.5. The smallest absolute Gasteiger partial charge is 0.334 e. The van der Waals surface area contributed by atoms with Gasteiger partial charge < -0.3 is 9.47 Å². The van der Waals surface area contributed by atoms with Gasteiger partial charge in [0.25, 0.3) is 0 Å². The molecular weight excluding hydrogens is 328 g/mol. The van der Waals surface area contributed by atoms with E-state index in [1.807, 2.05) is 48.5 Å². The van der Waals surface area contributed by atoms with E-state index in [9.17, 15) is 9.59 Å². The van der Waals surface area contributed by atoms with Crippen LogP contribution < -0.4 is 4.74 Å². The Kier molecular flexibility index (Phi) is 5.52. The van der Waals surface area contributed by atoms with Crippen molar-refractivity contribution in [1.82, 2.24) is 0 Å². The van der Waals surface area contributed by atoms with E-state index in [0.717, 1.165) is 11.3 Å². The SMILES string of the molecule is CCOC(=O)C1=CC[C@H](c2ccc(OC)cc2)[C@H]1C(=O)c1ccccc1. The van der Waals surface area contributed by atoms with Crippen molar-refractivity contribution in [3.05, 3.63) is 77.4 Å². The number of esters is 1. The molecule has 0 spiro atoms. The summed E-state index contributed by atoms with van der Waals surface area (Å²) in [5.41, 5.74) is 2.07. The van der Waals surface area contributed by atoms with E-state index >= 15 is 0 Å². The average Bonchev–Trinajstić information content (AvgIpc) is 3.13. The molecule has 0 N–H and O–H groups in total. The highest BCUT2D eigenvalue weighted by molar-refractivity contribution is 6.06. The van der Waals surface area contributed by atoms with Gasteiger partial charge in [-0.1, -0.05) is 48.5 Å². The van der Waals surface area contributed by atoms with E-state index in [-0.39, 0.29) is 18.3 Å². The minimum Gasteiger partial charge on any atom is -0.497 e. The molecule has 0 unspecified atom stereocenters. The summed E-state index contributed by atoms with van der Waals surface area (Å²) in [5, 5.41) is 0. The van der Waals surface area contributed by atoms with Crippen molar-refractivity contribution in [1.29, 1.82) is 0 Å². The molecule has 26 heavy (non-hydrogen) atoms. The standard InChI is InChI=1S/C22H22O4/c1-3-26-22(24)19-14-13-18(15-9-11-17(25-2)12-10-15)20(19)21(23)16-7-5-4-6-8-16/h4-12,14,18,20H,3,13H2,1-2H3/t18-,20-/m1/s1. The van der Waals surface area contributed by atoms with Crippen LogP contribution in [0.15, 0.2) is 66.2 Å². The number of carbonyl (C=O) groups excluding carboxylic acids is 2. The third kappa shape index (κ3) is 3.54. The number of ether oxygens (including phenoxy) is 2. The Morgan fingerprint density at radius 1 is 1.04 bits per heavy atom. The normalized spacial score (nSPS) is 18.9. The Labute approximate surface area is 153 Å². The third-order valence-electron chi connectivity index (χ3n) is 4.72. The number of allylic oxidation sites excluding steroid dienone is 1. The molecule has 0 saturated carbocycles. The number of carbonyl (C=O) groups is 2. The Bertz CT molecular complexity index is 806. The van der Waals surface area contributed by atoms with Crippen LogP contribution in [0.4, 0.5) is 0 Å². The Morgan fingerprint density at radius 3 is 2.35 bits per heavy atom. The highest BCUT2D eigenvalue weighted by Gasteiger charge is 2.40. The van der Waals surface area contributed by atoms with E-state index in [1.165, 1.54) is 0 Å². The molecule has 0 amide bonds. The maximum absolute atomic E-state index is 13.2. The zero-order valence-corrected chi connectivity index (χ0v) is 15.0. The Morgan fingerprint density at radius 2 is 1.73 bits per heavy atom. The summed E-state index contributed by atoms with van der Waals surface area (Å²) in [7, 11) is 1.62. The van der Waals surface area contributed by atoms with Crippen molar-refractivity contribution in [2.45, 2.75) is 19.3 Å². The van der Waals surface area contributed by atoms with Gasteiger partial charge in [0.2, 0.25) is 0 Å². The third-order valence-corrected chi connectivity index (χ3v) is 4.72. The van der Waals surface area contributed by atoms with Crippen molar-refractivity contribution in [3.63, 3.8) is 0 Å². The van der Waals surface area contributed by atoms with Crippen LogP contribution in [0.3, 0.4) is 0 Å². The molecular formula is C22H22O4. The molecule has 2 aromatic carbocycles. The highest BCUT2D eigenvalue weighted by atomic mass is 16.5. The van der Waals surface area contributed by atoms with Crippen LogP contribution in [0.2, 0.25) is 0 Å². The number of ketones is 1. The molecule has 0 aliphatic heterocycles. The van der Waals surface area contributed by atoms with Gasteiger partial charge in [-0.2, -0.15) is 0 Å². The fourth-order valence-electron chi connectivity index (χ4n) is 3.44. The van der Waals surface area contributed by atoms with Crippen LogP contribution >= 0.6 is 0 Å². The number of benzene rings is 2. The largest absolute Gasteiger partial charge is 0.497 e. The van der Waals surface area contributed by atoms with Gasteiger partial charge in [-0.25, -0.2) is 4.79 Å². The van der Waals surface area contributed by atoms with Gasteiger partial charge in [0.1, 0.15) is 5.75 Å². The van der Waals surface area contributed by atoms with Gasteiger partial charge in [-0.3, -0.25) is 4.79 Å². The van der Waals surface area contributed by atoms with E-state index in [1.54, 1.807) is 26.2 Å². The first-order valence-corrected chi connectivity index (χ1v) is 8.76. The summed E-state index contributed by atoms with van der Waals surface area (Å²) >= 11 is 0. The number of Topliss-reactive ketones (excluding diaryl/α,β-unsaturated/α-hetero) is 1. The summed E-state index contributed by atoms with van der Waals surface area (Å²) in [4.78, 5) is 25.6. The van der Waals surface area contributed by atoms with Gasteiger partial charge in [0, 0.05) is 17.1 Å². The van der Waals surface area contributed by atoms with E-state index in [0.29, 0.717) is 17.6 Å². The van der Waals surface area contributed by atoms with E-state index < -0.39 is 11.9 Å². The molecule has 2 atom stereocenters. The summed E-state index contributed by atoms with van der Waals surface area (Å²) in [6, 6.07) is 16.8. The second kappa shape index (κ2) is 8.00. The first kappa shape index (κ1) is 17.9. The average molecular weight is 350 g/mol. The lowest BCUT2D eigenvalue weighted by molar-refractivity contribution is -0.138. The second-order valence-electron chi connectivity index (χ2n) is 6.20. The van der Waals surface area contributed by atoms with E-state index in [4.69, 9.17) is 9.47 Å². The molecule has 3 rings (SSSR count). The molecule has 1 aliphatic carbocycles. The Balaban J connectivity index is 1.96. The minimum absolute atomic E-state index is 0.0526. The highest BCUT2D eigenvalue weighted by Crippen LogP contribution is 2.42. The van der Waals surface area contributed by atoms with Crippen molar-refractivity contribution < 1.29 is 19.1 Å². The second-order valence-corrected chi connectivity index (χ2v) is 6.20. The Hall–Kier alpha value is -2.88. The zero-order valence-electron chi connectivity index (χ0n) is 15.0.